The zero-order valence-electron chi connectivity index (χ0n) is 12.0. The van der Waals surface area contributed by atoms with Crippen molar-refractivity contribution in [3.05, 3.63) is 51.8 Å². The molecule has 0 spiro atoms. The summed E-state index contributed by atoms with van der Waals surface area (Å²) in [5.74, 6) is -0.369. The number of hydrogen-bond donors (Lipinski definition) is 0. The fourth-order valence-electron chi connectivity index (χ4n) is 1.91. The molecule has 112 valence electrons. The number of aryl methyl sites for hydroxylation is 1. The number of ether oxygens (including phenoxy) is 2. The van der Waals surface area contributed by atoms with Crippen LogP contribution in [0, 0.1) is 0 Å². The topological polar surface area (TPSA) is 53.3 Å². The molecule has 0 radical (unpaired) electrons. The van der Waals surface area contributed by atoms with Crippen LogP contribution >= 0.6 is 15.9 Å². The minimum Gasteiger partial charge on any atom is -0.462 e. The number of carbonyl (C=O) groups excluding carboxylic acids is 1. The largest absolute Gasteiger partial charge is 0.462 e. The normalized spacial score (nSPS) is 10.6. The van der Waals surface area contributed by atoms with E-state index in [1.54, 1.807) is 18.7 Å². The van der Waals surface area contributed by atoms with Crippen molar-refractivity contribution in [2.24, 2.45) is 7.05 Å². The third-order valence-electron chi connectivity index (χ3n) is 2.95. The number of hydrogen-bond acceptors (Lipinski definition) is 4. The first-order valence-corrected chi connectivity index (χ1v) is 7.41. The van der Waals surface area contributed by atoms with Gasteiger partial charge in [0, 0.05) is 11.5 Å². The number of nitrogens with zero attached hydrogens (tertiary/aromatic N) is 2. The smallest absolute Gasteiger partial charge is 0.341 e. The van der Waals surface area contributed by atoms with Crippen LogP contribution in [-0.4, -0.2) is 22.4 Å². The van der Waals surface area contributed by atoms with Gasteiger partial charge in [-0.1, -0.05) is 28.1 Å². The van der Waals surface area contributed by atoms with E-state index in [4.69, 9.17) is 9.47 Å². The van der Waals surface area contributed by atoms with E-state index in [0.717, 1.165) is 10.0 Å². The van der Waals surface area contributed by atoms with Gasteiger partial charge in [-0.3, -0.25) is 4.68 Å². The maximum absolute atomic E-state index is 11.8. The van der Waals surface area contributed by atoms with E-state index in [2.05, 4.69) is 21.0 Å². The summed E-state index contributed by atoms with van der Waals surface area (Å²) in [5.41, 5.74) is 2.22. The quantitative estimate of drug-likeness (QED) is 0.749. The zero-order chi connectivity index (χ0) is 15.2. The molecule has 0 unspecified atom stereocenters. The molecular weight excluding hydrogens is 336 g/mol. The van der Waals surface area contributed by atoms with Crippen LogP contribution in [0.4, 0.5) is 0 Å². The van der Waals surface area contributed by atoms with Gasteiger partial charge in [0.25, 0.3) is 0 Å². The second-order valence-electron chi connectivity index (χ2n) is 4.47. The Balaban J connectivity index is 2.00. The van der Waals surface area contributed by atoms with Gasteiger partial charge in [0.15, 0.2) is 0 Å². The molecule has 1 aromatic carbocycles. The summed E-state index contributed by atoms with van der Waals surface area (Å²) in [6.45, 7) is 2.88. The molecular formula is C15H17BrN2O3. The van der Waals surface area contributed by atoms with Crippen molar-refractivity contribution >= 4 is 21.9 Å². The van der Waals surface area contributed by atoms with Gasteiger partial charge in [0.2, 0.25) is 0 Å². The molecule has 0 bridgehead atoms. The molecule has 1 heterocycles. The summed E-state index contributed by atoms with van der Waals surface area (Å²) >= 11 is 3.42. The van der Waals surface area contributed by atoms with Crippen molar-refractivity contribution in [1.82, 2.24) is 9.78 Å². The first-order valence-electron chi connectivity index (χ1n) is 6.62. The Bertz CT molecular complexity index is 625. The van der Waals surface area contributed by atoms with Gasteiger partial charge in [-0.05, 0) is 24.6 Å². The average molecular weight is 353 g/mol. The van der Waals surface area contributed by atoms with E-state index in [9.17, 15) is 4.79 Å². The van der Waals surface area contributed by atoms with E-state index in [1.807, 2.05) is 24.3 Å². The van der Waals surface area contributed by atoms with Crippen molar-refractivity contribution in [2.45, 2.75) is 20.1 Å². The second kappa shape index (κ2) is 7.38. The molecule has 0 N–H and O–H groups in total. The lowest BCUT2D eigenvalue weighted by Gasteiger charge is -2.08. The third kappa shape index (κ3) is 4.15. The Kier molecular flexibility index (Phi) is 5.52. The summed E-state index contributed by atoms with van der Waals surface area (Å²) in [5, 5.41) is 4.09. The maximum Gasteiger partial charge on any atom is 0.341 e. The van der Waals surface area contributed by atoms with Crippen LogP contribution in [0.3, 0.4) is 0 Å². The molecule has 0 aliphatic carbocycles. The van der Waals surface area contributed by atoms with Crippen LogP contribution in [-0.2, 0) is 29.7 Å². The summed E-state index contributed by atoms with van der Waals surface area (Å²) in [4.78, 5) is 11.8. The van der Waals surface area contributed by atoms with E-state index in [1.165, 1.54) is 6.20 Å². The summed E-state index contributed by atoms with van der Waals surface area (Å²) < 4.78 is 13.3. The predicted molar refractivity (Wildman–Crippen MR) is 81.8 cm³/mol. The second-order valence-corrected chi connectivity index (χ2v) is 5.39. The Labute approximate surface area is 132 Å². The maximum atomic E-state index is 11.8. The highest BCUT2D eigenvalue weighted by molar-refractivity contribution is 9.10. The highest BCUT2D eigenvalue weighted by Gasteiger charge is 2.17. The Morgan fingerprint density at radius 3 is 2.90 bits per heavy atom. The van der Waals surface area contributed by atoms with Crippen molar-refractivity contribution in [3.63, 3.8) is 0 Å². The minimum absolute atomic E-state index is 0.303. The number of carbonyl (C=O) groups is 1. The van der Waals surface area contributed by atoms with E-state index >= 15 is 0 Å². The summed E-state index contributed by atoms with van der Waals surface area (Å²) in [7, 11) is 1.78. The van der Waals surface area contributed by atoms with Gasteiger partial charge in [0.05, 0.1) is 31.7 Å². The third-order valence-corrected chi connectivity index (χ3v) is 3.45. The molecule has 21 heavy (non-hydrogen) atoms. The Hall–Kier alpha value is -1.66. The van der Waals surface area contributed by atoms with Crippen LogP contribution in [0.5, 0.6) is 0 Å². The van der Waals surface area contributed by atoms with Crippen LogP contribution in [0.2, 0.25) is 0 Å². The summed E-state index contributed by atoms with van der Waals surface area (Å²) in [6.07, 6.45) is 1.51. The van der Waals surface area contributed by atoms with E-state index in [0.29, 0.717) is 31.1 Å². The van der Waals surface area contributed by atoms with Gasteiger partial charge in [-0.25, -0.2) is 4.79 Å². The molecule has 0 atom stereocenters. The standard InChI is InChI=1S/C15H17BrN2O3/c1-3-21-15(19)13-8-17-18(2)14(13)10-20-9-11-5-4-6-12(16)7-11/h4-8H,3,9-10H2,1-2H3. The monoisotopic (exact) mass is 352 g/mol. The van der Waals surface area contributed by atoms with Crippen LogP contribution < -0.4 is 0 Å². The van der Waals surface area contributed by atoms with Gasteiger partial charge in [-0.2, -0.15) is 5.10 Å². The molecule has 0 saturated heterocycles. The van der Waals surface area contributed by atoms with Gasteiger partial charge in [0.1, 0.15) is 5.56 Å². The van der Waals surface area contributed by atoms with Crippen molar-refractivity contribution in [2.75, 3.05) is 6.61 Å². The molecule has 0 fully saturated rings. The lowest BCUT2D eigenvalue weighted by Crippen LogP contribution is -2.10. The highest BCUT2D eigenvalue weighted by atomic mass is 79.9. The molecule has 2 aromatic rings. The average Bonchev–Trinajstić information content (AvgIpc) is 2.81. The Morgan fingerprint density at radius 2 is 2.19 bits per heavy atom. The molecule has 0 saturated carbocycles. The molecule has 0 aliphatic heterocycles. The van der Waals surface area contributed by atoms with Crippen LogP contribution in [0.1, 0.15) is 28.5 Å². The van der Waals surface area contributed by atoms with Crippen LogP contribution in [0.15, 0.2) is 34.9 Å². The van der Waals surface area contributed by atoms with Crippen molar-refractivity contribution < 1.29 is 14.3 Å². The van der Waals surface area contributed by atoms with Crippen LogP contribution in [0.25, 0.3) is 0 Å². The summed E-state index contributed by atoms with van der Waals surface area (Å²) in [6, 6.07) is 7.90. The fraction of sp³-hybridized carbons (Fsp3) is 0.333. The fourth-order valence-corrected chi connectivity index (χ4v) is 2.35. The highest BCUT2D eigenvalue weighted by Crippen LogP contribution is 2.15. The first kappa shape index (κ1) is 15.7. The lowest BCUT2D eigenvalue weighted by atomic mass is 10.2. The molecule has 6 heteroatoms. The molecule has 1 aromatic heterocycles. The Morgan fingerprint density at radius 1 is 1.38 bits per heavy atom. The van der Waals surface area contributed by atoms with Gasteiger partial charge < -0.3 is 9.47 Å². The first-order chi connectivity index (χ1) is 10.1. The SMILES string of the molecule is CCOC(=O)c1cnn(C)c1COCc1cccc(Br)c1. The minimum atomic E-state index is -0.369. The van der Waals surface area contributed by atoms with Crippen molar-refractivity contribution in [3.8, 4) is 0 Å². The number of aromatic nitrogens is 2. The number of halogens is 1. The van der Waals surface area contributed by atoms with E-state index < -0.39 is 0 Å². The van der Waals surface area contributed by atoms with Crippen molar-refractivity contribution in [1.29, 1.82) is 0 Å². The molecule has 0 amide bonds. The van der Waals surface area contributed by atoms with Gasteiger partial charge >= 0.3 is 5.97 Å². The lowest BCUT2D eigenvalue weighted by molar-refractivity contribution is 0.0515. The van der Waals surface area contributed by atoms with Gasteiger partial charge in [-0.15, -0.1) is 0 Å². The molecule has 2 rings (SSSR count). The van der Waals surface area contributed by atoms with E-state index in [-0.39, 0.29) is 5.97 Å². The number of esters is 1. The molecule has 5 nitrogen and oxygen atoms in total. The zero-order valence-corrected chi connectivity index (χ0v) is 13.6. The number of rotatable bonds is 6. The molecule has 0 aliphatic rings. The number of benzene rings is 1. The predicted octanol–water partition coefficient (Wildman–Crippen LogP) is 3.08.